The van der Waals surface area contributed by atoms with Crippen LogP contribution >= 0.6 is 15.9 Å². The standard InChI is InChI=1S/C16H17BrN2O/c1-9-6-11(3)15(18)8-13(9)16(20)19-12-4-5-14(17)10(2)7-12/h4-8H,18H2,1-3H3,(H,19,20). The van der Waals surface area contributed by atoms with Crippen molar-refractivity contribution in [2.45, 2.75) is 20.8 Å². The minimum absolute atomic E-state index is 0.143. The number of carbonyl (C=O) groups excluding carboxylic acids is 1. The molecule has 0 aromatic heterocycles. The van der Waals surface area contributed by atoms with Gasteiger partial charge in [-0.15, -0.1) is 0 Å². The molecule has 0 unspecified atom stereocenters. The highest BCUT2D eigenvalue weighted by atomic mass is 79.9. The van der Waals surface area contributed by atoms with Crippen LogP contribution in [0.3, 0.4) is 0 Å². The number of benzene rings is 2. The third kappa shape index (κ3) is 3.02. The molecular weight excluding hydrogens is 316 g/mol. The summed E-state index contributed by atoms with van der Waals surface area (Å²) in [5.41, 5.74) is 10.9. The first-order valence-electron chi connectivity index (χ1n) is 6.32. The Kier molecular flexibility index (Phi) is 4.14. The second kappa shape index (κ2) is 5.67. The molecule has 2 rings (SSSR count). The van der Waals surface area contributed by atoms with Crippen molar-refractivity contribution in [3.05, 3.63) is 57.1 Å². The van der Waals surface area contributed by atoms with E-state index in [1.54, 1.807) is 6.07 Å². The number of hydrogen-bond acceptors (Lipinski definition) is 2. The molecular formula is C16H17BrN2O. The SMILES string of the molecule is Cc1cc(C)c(C(=O)Nc2ccc(Br)c(C)c2)cc1N. The van der Waals surface area contributed by atoms with E-state index in [1.807, 2.05) is 45.0 Å². The first-order valence-corrected chi connectivity index (χ1v) is 7.12. The number of nitrogens with two attached hydrogens (primary N) is 1. The lowest BCUT2D eigenvalue weighted by molar-refractivity contribution is 0.102. The largest absolute Gasteiger partial charge is 0.398 e. The number of hydrogen-bond donors (Lipinski definition) is 2. The highest BCUT2D eigenvalue weighted by Crippen LogP contribution is 2.22. The van der Waals surface area contributed by atoms with E-state index in [-0.39, 0.29) is 5.91 Å². The Bertz CT molecular complexity index is 680. The van der Waals surface area contributed by atoms with Crippen LogP contribution in [0, 0.1) is 20.8 Å². The van der Waals surface area contributed by atoms with E-state index >= 15 is 0 Å². The van der Waals surface area contributed by atoms with Crippen molar-refractivity contribution in [1.29, 1.82) is 0 Å². The summed E-state index contributed by atoms with van der Waals surface area (Å²) >= 11 is 3.44. The Hall–Kier alpha value is -1.81. The van der Waals surface area contributed by atoms with Gasteiger partial charge in [0.05, 0.1) is 0 Å². The molecule has 0 spiro atoms. The van der Waals surface area contributed by atoms with E-state index in [0.717, 1.165) is 26.9 Å². The van der Waals surface area contributed by atoms with Crippen molar-refractivity contribution in [3.63, 3.8) is 0 Å². The lowest BCUT2D eigenvalue weighted by Crippen LogP contribution is -2.14. The van der Waals surface area contributed by atoms with Crippen molar-refractivity contribution in [2.24, 2.45) is 0 Å². The van der Waals surface area contributed by atoms with Gasteiger partial charge in [-0.1, -0.05) is 22.0 Å². The van der Waals surface area contributed by atoms with Gasteiger partial charge in [-0.25, -0.2) is 0 Å². The molecule has 0 aliphatic heterocycles. The Morgan fingerprint density at radius 2 is 1.75 bits per heavy atom. The maximum atomic E-state index is 12.3. The number of nitrogen functional groups attached to an aromatic ring is 1. The number of carbonyl (C=O) groups is 1. The predicted molar refractivity (Wildman–Crippen MR) is 87.2 cm³/mol. The highest BCUT2D eigenvalue weighted by molar-refractivity contribution is 9.10. The van der Waals surface area contributed by atoms with E-state index in [4.69, 9.17) is 5.73 Å². The lowest BCUT2D eigenvalue weighted by Gasteiger charge is -2.11. The maximum Gasteiger partial charge on any atom is 0.256 e. The van der Waals surface area contributed by atoms with Gasteiger partial charge in [0.15, 0.2) is 0 Å². The quantitative estimate of drug-likeness (QED) is 0.809. The van der Waals surface area contributed by atoms with E-state index in [9.17, 15) is 4.79 Å². The number of anilines is 2. The van der Waals surface area contributed by atoms with Crippen molar-refractivity contribution in [2.75, 3.05) is 11.1 Å². The first kappa shape index (κ1) is 14.6. The van der Waals surface area contributed by atoms with Gasteiger partial charge >= 0.3 is 0 Å². The fourth-order valence-corrected chi connectivity index (χ4v) is 2.28. The van der Waals surface area contributed by atoms with Crippen LogP contribution in [-0.2, 0) is 0 Å². The topological polar surface area (TPSA) is 55.1 Å². The van der Waals surface area contributed by atoms with Gasteiger partial charge in [0.2, 0.25) is 0 Å². The van der Waals surface area contributed by atoms with Crippen LogP contribution in [0.2, 0.25) is 0 Å². The summed E-state index contributed by atoms with van der Waals surface area (Å²) < 4.78 is 1.02. The predicted octanol–water partition coefficient (Wildman–Crippen LogP) is 4.21. The number of halogens is 1. The molecule has 0 bridgehead atoms. The molecule has 0 aliphatic rings. The molecule has 0 radical (unpaired) electrons. The molecule has 104 valence electrons. The van der Waals surface area contributed by atoms with Gasteiger partial charge in [-0.3, -0.25) is 4.79 Å². The lowest BCUT2D eigenvalue weighted by atomic mass is 10.0. The Morgan fingerprint density at radius 1 is 1.05 bits per heavy atom. The summed E-state index contributed by atoms with van der Waals surface area (Å²) in [4.78, 5) is 12.3. The normalized spacial score (nSPS) is 10.4. The van der Waals surface area contributed by atoms with Crippen molar-refractivity contribution in [1.82, 2.24) is 0 Å². The third-order valence-corrected chi connectivity index (χ3v) is 4.16. The molecule has 20 heavy (non-hydrogen) atoms. The summed E-state index contributed by atoms with van der Waals surface area (Å²) in [6, 6.07) is 9.36. The molecule has 2 aromatic rings. The molecule has 3 nitrogen and oxygen atoms in total. The summed E-state index contributed by atoms with van der Waals surface area (Å²) in [5, 5.41) is 2.90. The van der Waals surface area contributed by atoms with Gasteiger partial charge < -0.3 is 11.1 Å². The second-order valence-electron chi connectivity index (χ2n) is 4.94. The summed E-state index contributed by atoms with van der Waals surface area (Å²) in [6.07, 6.45) is 0. The summed E-state index contributed by atoms with van der Waals surface area (Å²) in [6.45, 7) is 5.82. The fraction of sp³-hybridized carbons (Fsp3) is 0.188. The van der Waals surface area contributed by atoms with Gasteiger partial charge in [-0.2, -0.15) is 0 Å². The number of rotatable bonds is 2. The van der Waals surface area contributed by atoms with Crippen LogP contribution in [0.4, 0.5) is 11.4 Å². The van der Waals surface area contributed by atoms with E-state index < -0.39 is 0 Å². The zero-order valence-electron chi connectivity index (χ0n) is 11.8. The minimum atomic E-state index is -0.143. The Labute approximate surface area is 127 Å². The van der Waals surface area contributed by atoms with Gasteiger partial charge in [-0.05, 0) is 61.7 Å². The average molecular weight is 333 g/mol. The molecule has 2 aromatic carbocycles. The van der Waals surface area contributed by atoms with Crippen LogP contribution in [0.1, 0.15) is 27.0 Å². The highest BCUT2D eigenvalue weighted by Gasteiger charge is 2.11. The molecule has 0 aliphatic carbocycles. The molecule has 0 fully saturated rings. The number of nitrogens with one attached hydrogen (secondary N) is 1. The third-order valence-electron chi connectivity index (χ3n) is 3.27. The molecule has 0 heterocycles. The maximum absolute atomic E-state index is 12.3. The molecule has 0 saturated heterocycles. The number of amides is 1. The Morgan fingerprint density at radius 3 is 2.40 bits per heavy atom. The molecule has 4 heteroatoms. The average Bonchev–Trinajstić information content (AvgIpc) is 2.38. The molecule has 3 N–H and O–H groups in total. The Balaban J connectivity index is 2.28. The first-order chi connectivity index (χ1) is 9.38. The van der Waals surface area contributed by atoms with E-state index in [2.05, 4.69) is 21.2 Å². The zero-order valence-corrected chi connectivity index (χ0v) is 13.3. The second-order valence-corrected chi connectivity index (χ2v) is 5.80. The monoisotopic (exact) mass is 332 g/mol. The van der Waals surface area contributed by atoms with Crippen LogP contribution in [0.25, 0.3) is 0 Å². The molecule has 0 atom stereocenters. The van der Waals surface area contributed by atoms with Crippen LogP contribution in [0.5, 0.6) is 0 Å². The summed E-state index contributed by atoms with van der Waals surface area (Å²) in [5.74, 6) is -0.143. The minimum Gasteiger partial charge on any atom is -0.398 e. The molecule has 0 saturated carbocycles. The summed E-state index contributed by atoms with van der Waals surface area (Å²) in [7, 11) is 0. The fourth-order valence-electron chi connectivity index (χ4n) is 2.03. The van der Waals surface area contributed by atoms with Crippen molar-refractivity contribution in [3.8, 4) is 0 Å². The van der Waals surface area contributed by atoms with Gasteiger partial charge in [0.1, 0.15) is 0 Å². The van der Waals surface area contributed by atoms with Crippen LogP contribution in [0.15, 0.2) is 34.8 Å². The van der Waals surface area contributed by atoms with E-state index in [1.165, 1.54) is 0 Å². The van der Waals surface area contributed by atoms with Crippen molar-refractivity contribution >= 4 is 33.2 Å². The van der Waals surface area contributed by atoms with Gasteiger partial charge in [0.25, 0.3) is 5.91 Å². The molecule has 1 amide bonds. The van der Waals surface area contributed by atoms with Crippen LogP contribution in [-0.4, -0.2) is 5.91 Å². The van der Waals surface area contributed by atoms with Gasteiger partial charge in [0, 0.05) is 21.4 Å². The smallest absolute Gasteiger partial charge is 0.256 e. The zero-order chi connectivity index (χ0) is 14.9. The van der Waals surface area contributed by atoms with Crippen molar-refractivity contribution < 1.29 is 4.79 Å². The number of aryl methyl sites for hydroxylation is 3. The van der Waals surface area contributed by atoms with E-state index in [0.29, 0.717) is 11.3 Å². The van der Waals surface area contributed by atoms with Crippen LogP contribution < -0.4 is 11.1 Å².